The van der Waals surface area contributed by atoms with Crippen LogP contribution in [-0.2, 0) is 9.59 Å². The molecule has 1 saturated carbocycles. The van der Waals surface area contributed by atoms with Gasteiger partial charge in [0.1, 0.15) is 5.82 Å². The van der Waals surface area contributed by atoms with E-state index in [0.29, 0.717) is 5.69 Å². The van der Waals surface area contributed by atoms with E-state index in [4.69, 9.17) is 11.6 Å². The van der Waals surface area contributed by atoms with E-state index in [2.05, 4.69) is 10.6 Å². The van der Waals surface area contributed by atoms with Gasteiger partial charge in [-0.1, -0.05) is 11.6 Å². The number of hydrogen-bond donors (Lipinski definition) is 2. The SMILES string of the molecule is CN(CC(=O)NC1CC1)C(=O)CNc1ccc(F)c(Cl)c1. The standard InChI is InChI=1S/C14H17ClFN3O2/c1-19(8-13(20)18-9-2-3-9)14(21)7-17-10-4-5-12(16)11(15)6-10/h4-6,9,17H,2-3,7-8H2,1H3,(H,18,20). The molecule has 1 aliphatic carbocycles. The van der Waals surface area contributed by atoms with Crippen LogP contribution in [-0.4, -0.2) is 42.9 Å². The van der Waals surface area contributed by atoms with Crippen molar-refractivity contribution in [1.29, 1.82) is 0 Å². The van der Waals surface area contributed by atoms with E-state index < -0.39 is 5.82 Å². The molecular weight excluding hydrogens is 297 g/mol. The van der Waals surface area contributed by atoms with E-state index in [9.17, 15) is 14.0 Å². The maximum absolute atomic E-state index is 13.0. The molecule has 1 aliphatic rings. The number of rotatable bonds is 6. The number of halogens is 2. The van der Waals surface area contributed by atoms with Gasteiger partial charge in [-0.05, 0) is 31.0 Å². The lowest BCUT2D eigenvalue weighted by molar-refractivity contribution is -0.133. The molecule has 0 unspecified atom stereocenters. The molecule has 5 nitrogen and oxygen atoms in total. The van der Waals surface area contributed by atoms with Crippen LogP contribution in [0.1, 0.15) is 12.8 Å². The number of amides is 2. The molecular formula is C14H17ClFN3O2. The summed E-state index contributed by atoms with van der Waals surface area (Å²) in [7, 11) is 1.56. The number of likely N-dealkylation sites (N-methyl/N-ethyl adjacent to an activating group) is 1. The highest BCUT2D eigenvalue weighted by molar-refractivity contribution is 6.31. The van der Waals surface area contributed by atoms with Gasteiger partial charge in [0.25, 0.3) is 0 Å². The minimum absolute atomic E-state index is 0.00910. The van der Waals surface area contributed by atoms with Crippen LogP contribution in [0, 0.1) is 5.82 Å². The summed E-state index contributed by atoms with van der Waals surface area (Å²) >= 11 is 5.65. The highest BCUT2D eigenvalue weighted by Gasteiger charge is 2.24. The second-order valence-corrected chi connectivity index (χ2v) is 5.48. The van der Waals surface area contributed by atoms with Gasteiger partial charge in [-0.2, -0.15) is 0 Å². The zero-order chi connectivity index (χ0) is 15.4. The van der Waals surface area contributed by atoms with Gasteiger partial charge in [0.15, 0.2) is 0 Å². The summed E-state index contributed by atoms with van der Waals surface area (Å²) in [4.78, 5) is 24.8. The number of nitrogens with one attached hydrogen (secondary N) is 2. The molecule has 1 aromatic rings. The average molecular weight is 314 g/mol. The van der Waals surface area contributed by atoms with Gasteiger partial charge >= 0.3 is 0 Å². The van der Waals surface area contributed by atoms with Crippen LogP contribution >= 0.6 is 11.6 Å². The fraction of sp³-hybridized carbons (Fsp3) is 0.429. The first-order valence-corrected chi connectivity index (χ1v) is 7.06. The average Bonchev–Trinajstić information content (AvgIpc) is 3.23. The van der Waals surface area contributed by atoms with Crippen molar-refractivity contribution in [2.45, 2.75) is 18.9 Å². The summed E-state index contributed by atoms with van der Waals surface area (Å²) in [5.41, 5.74) is 0.547. The Morgan fingerprint density at radius 2 is 2.14 bits per heavy atom. The van der Waals surface area contributed by atoms with Crippen LogP contribution in [0.3, 0.4) is 0 Å². The number of benzene rings is 1. The minimum Gasteiger partial charge on any atom is -0.376 e. The number of hydrogen-bond acceptors (Lipinski definition) is 3. The maximum atomic E-state index is 13.0. The number of nitrogens with zero attached hydrogens (tertiary/aromatic N) is 1. The monoisotopic (exact) mass is 313 g/mol. The van der Waals surface area contributed by atoms with E-state index >= 15 is 0 Å². The molecule has 0 aliphatic heterocycles. The van der Waals surface area contributed by atoms with Crippen molar-refractivity contribution in [2.24, 2.45) is 0 Å². The Balaban J connectivity index is 1.77. The molecule has 1 aromatic carbocycles. The molecule has 0 heterocycles. The van der Waals surface area contributed by atoms with E-state index in [1.807, 2.05) is 0 Å². The first kappa shape index (κ1) is 15.6. The molecule has 7 heteroatoms. The fourth-order valence-electron chi connectivity index (χ4n) is 1.72. The van der Waals surface area contributed by atoms with Gasteiger partial charge in [-0.25, -0.2) is 4.39 Å². The van der Waals surface area contributed by atoms with Crippen molar-refractivity contribution in [3.63, 3.8) is 0 Å². The summed E-state index contributed by atoms with van der Waals surface area (Å²) in [5, 5.41) is 5.65. The van der Waals surface area contributed by atoms with Crippen LogP contribution in [0.15, 0.2) is 18.2 Å². The summed E-state index contributed by atoms with van der Waals surface area (Å²) in [6, 6.07) is 4.40. The Morgan fingerprint density at radius 3 is 2.76 bits per heavy atom. The van der Waals surface area contributed by atoms with Gasteiger partial charge in [0.2, 0.25) is 11.8 Å². The number of carbonyl (C=O) groups excluding carboxylic acids is 2. The molecule has 0 spiro atoms. The van der Waals surface area contributed by atoms with Crippen molar-refractivity contribution in [3.05, 3.63) is 29.0 Å². The lowest BCUT2D eigenvalue weighted by Crippen LogP contribution is -2.41. The van der Waals surface area contributed by atoms with Gasteiger partial charge < -0.3 is 15.5 Å². The summed E-state index contributed by atoms with van der Waals surface area (Å²) in [5.74, 6) is -0.901. The minimum atomic E-state index is -0.512. The van der Waals surface area contributed by atoms with Crippen molar-refractivity contribution in [2.75, 3.05) is 25.5 Å². The van der Waals surface area contributed by atoms with Crippen LogP contribution < -0.4 is 10.6 Å². The largest absolute Gasteiger partial charge is 0.376 e. The maximum Gasteiger partial charge on any atom is 0.242 e. The number of carbonyl (C=O) groups is 2. The van der Waals surface area contributed by atoms with Gasteiger partial charge in [-0.15, -0.1) is 0 Å². The fourth-order valence-corrected chi connectivity index (χ4v) is 1.90. The van der Waals surface area contributed by atoms with Crippen LogP contribution in [0.25, 0.3) is 0 Å². The molecule has 2 amide bonds. The Bertz CT molecular complexity index is 549. The topological polar surface area (TPSA) is 61.4 Å². The van der Waals surface area contributed by atoms with E-state index in [0.717, 1.165) is 12.8 Å². The highest BCUT2D eigenvalue weighted by Crippen LogP contribution is 2.19. The summed E-state index contributed by atoms with van der Waals surface area (Å²) < 4.78 is 13.0. The molecule has 2 rings (SSSR count). The van der Waals surface area contributed by atoms with Crippen molar-refractivity contribution < 1.29 is 14.0 Å². The third-order valence-electron chi connectivity index (χ3n) is 3.11. The Morgan fingerprint density at radius 1 is 1.43 bits per heavy atom. The molecule has 0 radical (unpaired) electrons. The van der Waals surface area contributed by atoms with E-state index in [-0.39, 0.29) is 36.0 Å². The van der Waals surface area contributed by atoms with E-state index in [1.165, 1.54) is 23.1 Å². The third-order valence-corrected chi connectivity index (χ3v) is 3.40. The second-order valence-electron chi connectivity index (χ2n) is 5.07. The van der Waals surface area contributed by atoms with Crippen LogP contribution in [0.2, 0.25) is 5.02 Å². The van der Waals surface area contributed by atoms with Gasteiger partial charge in [0.05, 0.1) is 18.1 Å². The zero-order valence-corrected chi connectivity index (χ0v) is 12.4. The lowest BCUT2D eigenvalue weighted by atomic mass is 10.3. The molecule has 0 bridgehead atoms. The molecule has 21 heavy (non-hydrogen) atoms. The molecule has 0 saturated heterocycles. The second kappa shape index (κ2) is 6.76. The Kier molecular flexibility index (Phi) is 5.01. The number of anilines is 1. The molecule has 0 aromatic heterocycles. The molecule has 2 N–H and O–H groups in total. The highest BCUT2D eigenvalue weighted by atomic mass is 35.5. The first-order valence-electron chi connectivity index (χ1n) is 6.68. The van der Waals surface area contributed by atoms with Crippen molar-refractivity contribution >= 4 is 29.1 Å². The first-order chi connectivity index (χ1) is 9.95. The quantitative estimate of drug-likeness (QED) is 0.839. The third kappa shape index (κ3) is 4.90. The van der Waals surface area contributed by atoms with Crippen molar-refractivity contribution in [3.8, 4) is 0 Å². The Hall–Kier alpha value is -1.82. The van der Waals surface area contributed by atoms with Gasteiger partial charge in [-0.3, -0.25) is 9.59 Å². The molecule has 0 atom stereocenters. The van der Waals surface area contributed by atoms with Crippen molar-refractivity contribution in [1.82, 2.24) is 10.2 Å². The smallest absolute Gasteiger partial charge is 0.242 e. The van der Waals surface area contributed by atoms with Gasteiger partial charge in [0, 0.05) is 18.8 Å². The lowest BCUT2D eigenvalue weighted by Gasteiger charge is -2.17. The predicted molar refractivity (Wildman–Crippen MR) is 78.7 cm³/mol. The molecule has 114 valence electrons. The Labute approximate surface area is 127 Å². The predicted octanol–water partition coefficient (Wildman–Crippen LogP) is 1.63. The zero-order valence-electron chi connectivity index (χ0n) is 11.7. The van der Waals surface area contributed by atoms with E-state index in [1.54, 1.807) is 7.05 Å². The molecule has 1 fully saturated rings. The normalized spacial score (nSPS) is 13.7. The summed E-state index contributed by atoms with van der Waals surface area (Å²) in [6.07, 6.45) is 2.02. The summed E-state index contributed by atoms with van der Waals surface area (Å²) in [6.45, 7) is 0.0381. The van der Waals surface area contributed by atoms with Crippen LogP contribution in [0.5, 0.6) is 0 Å². The van der Waals surface area contributed by atoms with Crippen LogP contribution in [0.4, 0.5) is 10.1 Å².